The van der Waals surface area contributed by atoms with E-state index in [0.29, 0.717) is 21.9 Å². The average molecular weight is 313 g/mol. The lowest BCUT2D eigenvalue weighted by Crippen LogP contribution is -2.30. The number of hydrogen-bond acceptors (Lipinski definition) is 3. The number of nitrogens with one attached hydrogen (secondary N) is 1. The zero-order valence-corrected chi connectivity index (χ0v) is 12.1. The van der Waals surface area contributed by atoms with Gasteiger partial charge in [-0.15, -0.1) is 0 Å². The van der Waals surface area contributed by atoms with Crippen LogP contribution in [-0.2, 0) is 6.42 Å². The van der Waals surface area contributed by atoms with Gasteiger partial charge in [-0.05, 0) is 36.2 Å². The number of ether oxygens (including phenoxy) is 1. The number of halogens is 3. The maximum absolute atomic E-state index is 13.8. The van der Waals surface area contributed by atoms with Crippen molar-refractivity contribution in [3.63, 3.8) is 0 Å². The molecule has 1 atom stereocenters. The van der Waals surface area contributed by atoms with Crippen LogP contribution in [-0.4, -0.2) is 7.11 Å². The smallest absolute Gasteiger partial charge is 0.129 e. The first kappa shape index (κ1) is 15.7. The molecule has 0 saturated heterocycles. The molecule has 3 N–H and O–H groups in total. The average Bonchev–Trinajstić information content (AvgIpc) is 2.46. The van der Waals surface area contributed by atoms with Crippen molar-refractivity contribution in [2.45, 2.75) is 12.5 Å². The highest BCUT2D eigenvalue weighted by molar-refractivity contribution is 6.30. The molecule has 0 aliphatic heterocycles. The first-order valence-corrected chi connectivity index (χ1v) is 6.66. The van der Waals surface area contributed by atoms with E-state index >= 15 is 0 Å². The summed E-state index contributed by atoms with van der Waals surface area (Å²) >= 11 is 5.98. The number of nitrogens with two attached hydrogens (primary N) is 1. The first-order valence-electron chi connectivity index (χ1n) is 6.28. The van der Waals surface area contributed by atoms with E-state index < -0.39 is 17.7 Å². The highest BCUT2D eigenvalue weighted by Gasteiger charge is 2.18. The first-order chi connectivity index (χ1) is 10.0. The van der Waals surface area contributed by atoms with E-state index in [9.17, 15) is 8.78 Å². The van der Waals surface area contributed by atoms with Gasteiger partial charge in [-0.3, -0.25) is 11.3 Å². The van der Waals surface area contributed by atoms with Crippen LogP contribution in [0.3, 0.4) is 0 Å². The molecule has 0 aliphatic rings. The van der Waals surface area contributed by atoms with E-state index in [1.165, 1.54) is 19.2 Å². The number of hydrazine groups is 1. The number of hydrogen-bond donors (Lipinski definition) is 2. The van der Waals surface area contributed by atoms with Gasteiger partial charge in [-0.25, -0.2) is 8.78 Å². The molecule has 0 heterocycles. The van der Waals surface area contributed by atoms with Crippen LogP contribution in [0.2, 0.25) is 5.02 Å². The second-order valence-corrected chi connectivity index (χ2v) is 4.98. The van der Waals surface area contributed by atoms with Gasteiger partial charge in [0.1, 0.15) is 17.4 Å². The molecule has 112 valence electrons. The molecule has 2 aromatic rings. The van der Waals surface area contributed by atoms with E-state index in [1.54, 1.807) is 18.2 Å². The Kier molecular flexibility index (Phi) is 5.12. The van der Waals surface area contributed by atoms with Crippen LogP contribution in [0.15, 0.2) is 36.4 Å². The Morgan fingerprint density at radius 3 is 2.62 bits per heavy atom. The topological polar surface area (TPSA) is 47.3 Å². The molecule has 0 fully saturated rings. The van der Waals surface area contributed by atoms with Crippen molar-refractivity contribution in [1.82, 2.24) is 5.43 Å². The highest BCUT2D eigenvalue weighted by atomic mass is 35.5. The van der Waals surface area contributed by atoms with Gasteiger partial charge >= 0.3 is 0 Å². The van der Waals surface area contributed by atoms with Gasteiger partial charge in [0.2, 0.25) is 0 Å². The van der Waals surface area contributed by atoms with Crippen molar-refractivity contribution in [3.8, 4) is 5.75 Å². The van der Waals surface area contributed by atoms with E-state index in [-0.39, 0.29) is 6.42 Å². The summed E-state index contributed by atoms with van der Waals surface area (Å²) in [6, 6.07) is 8.13. The van der Waals surface area contributed by atoms with E-state index in [2.05, 4.69) is 5.43 Å². The highest BCUT2D eigenvalue weighted by Crippen LogP contribution is 2.30. The summed E-state index contributed by atoms with van der Waals surface area (Å²) in [5, 5.41) is 0.519. The van der Waals surface area contributed by atoms with E-state index in [0.717, 1.165) is 6.07 Å². The molecule has 0 aliphatic carbocycles. The number of rotatable bonds is 5. The van der Waals surface area contributed by atoms with Gasteiger partial charge in [0.15, 0.2) is 0 Å². The van der Waals surface area contributed by atoms with Gasteiger partial charge in [-0.1, -0.05) is 17.7 Å². The van der Waals surface area contributed by atoms with Crippen molar-refractivity contribution in [2.75, 3.05) is 7.11 Å². The number of methoxy groups -OCH3 is 1. The minimum atomic E-state index is -0.617. The quantitative estimate of drug-likeness (QED) is 0.657. The van der Waals surface area contributed by atoms with Crippen molar-refractivity contribution < 1.29 is 13.5 Å². The van der Waals surface area contributed by atoms with Crippen molar-refractivity contribution in [1.29, 1.82) is 0 Å². The molecule has 0 radical (unpaired) electrons. The van der Waals surface area contributed by atoms with Crippen LogP contribution < -0.4 is 16.0 Å². The molecule has 3 nitrogen and oxygen atoms in total. The van der Waals surface area contributed by atoms with Gasteiger partial charge in [-0.2, -0.15) is 0 Å². The molecule has 0 bridgehead atoms. The summed E-state index contributed by atoms with van der Waals surface area (Å²) < 4.78 is 32.0. The molecule has 0 saturated carbocycles. The summed E-state index contributed by atoms with van der Waals surface area (Å²) in [6.07, 6.45) is 0.235. The van der Waals surface area contributed by atoms with E-state index in [1.807, 2.05) is 0 Å². The van der Waals surface area contributed by atoms with Crippen molar-refractivity contribution in [3.05, 3.63) is 64.2 Å². The Morgan fingerprint density at radius 1 is 1.24 bits per heavy atom. The molecule has 2 rings (SSSR count). The molecular weight excluding hydrogens is 298 g/mol. The van der Waals surface area contributed by atoms with Gasteiger partial charge in [0.25, 0.3) is 0 Å². The lowest BCUT2D eigenvalue weighted by Gasteiger charge is -2.19. The van der Waals surface area contributed by atoms with Crippen LogP contribution in [0.1, 0.15) is 17.2 Å². The summed E-state index contributed by atoms with van der Waals surface area (Å²) in [6.45, 7) is 0. The fourth-order valence-electron chi connectivity index (χ4n) is 2.14. The molecule has 1 unspecified atom stereocenters. The van der Waals surface area contributed by atoms with Gasteiger partial charge in [0.05, 0.1) is 13.2 Å². The van der Waals surface area contributed by atoms with Crippen LogP contribution in [0.5, 0.6) is 5.75 Å². The zero-order chi connectivity index (χ0) is 15.4. The Morgan fingerprint density at radius 2 is 2.00 bits per heavy atom. The molecule has 2 aromatic carbocycles. The van der Waals surface area contributed by atoms with Crippen LogP contribution in [0, 0.1) is 11.6 Å². The lowest BCUT2D eigenvalue weighted by atomic mass is 9.98. The Balaban J connectivity index is 2.34. The van der Waals surface area contributed by atoms with E-state index in [4.69, 9.17) is 22.2 Å². The van der Waals surface area contributed by atoms with Gasteiger partial charge in [0, 0.05) is 16.7 Å². The monoisotopic (exact) mass is 312 g/mol. The third-order valence-corrected chi connectivity index (χ3v) is 3.44. The maximum atomic E-state index is 13.8. The fourth-order valence-corrected chi connectivity index (χ4v) is 2.32. The minimum absolute atomic E-state index is 0.235. The largest absolute Gasteiger partial charge is 0.496 e. The summed E-state index contributed by atoms with van der Waals surface area (Å²) in [5.74, 6) is 4.92. The fraction of sp³-hybridized carbons (Fsp3) is 0.200. The second kappa shape index (κ2) is 6.85. The van der Waals surface area contributed by atoms with Crippen LogP contribution in [0.25, 0.3) is 0 Å². The standard InChI is InChI=1S/C15H15ClF2N2O/c1-21-15-5-3-10(16)7-12(15)14(20-19)6-9-2-4-11(17)8-13(9)18/h2-5,7-8,14,20H,6,19H2,1H3. The van der Waals surface area contributed by atoms with Crippen LogP contribution in [0.4, 0.5) is 8.78 Å². The third kappa shape index (κ3) is 3.69. The lowest BCUT2D eigenvalue weighted by molar-refractivity contribution is 0.398. The predicted octanol–water partition coefficient (Wildman–Crippen LogP) is 3.37. The maximum Gasteiger partial charge on any atom is 0.129 e. The normalized spacial score (nSPS) is 12.2. The van der Waals surface area contributed by atoms with Crippen LogP contribution >= 0.6 is 11.6 Å². The molecule has 0 aromatic heterocycles. The summed E-state index contributed by atoms with van der Waals surface area (Å²) in [4.78, 5) is 0. The van der Waals surface area contributed by atoms with Crippen molar-refractivity contribution >= 4 is 11.6 Å². The third-order valence-electron chi connectivity index (χ3n) is 3.21. The SMILES string of the molecule is COc1ccc(Cl)cc1C(Cc1ccc(F)cc1F)NN. The molecule has 21 heavy (non-hydrogen) atoms. The molecule has 6 heteroatoms. The predicted molar refractivity (Wildman–Crippen MR) is 78.1 cm³/mol. The summed E-state index contributed by atoms with van der Waals surface area (Å²) in [7, 11) is 1.53. The Bertz CT molecular complexity index is 637. The Labute approximate surface area is 126 Å². The minimum Gasteiger partial charge on any atom is -0.496 e. The molecular formula is C15H15ClF2N2O. The Hall–Kier alpha value is -1.69. The molecule has 0 amide bonds. The number of benzene rings is 2. The molecule has 0 spiro atoms. The second-order valence-electron chi connectivity index (χ2n) is 4.55. The zero-order valence-electron chi connectivity index (χ0n) is 11.4. The summed E-state index contributed by atoms with van der Waals surface area (Å²) in [5.41, 5.74) is 3.66. The van der Waals surface area contributed by atoms with Crippen molar-refractivity contribution in [2.24, 2.45) is 5.84 Å². The van der Waals surface area contributed by atoms with Gasteiger partial charge < -0.3 is 4.74 Å².